The lowest BCUT2D eigenvalue weighted by Gasteiger charge is -2.17. The molecule has 4 nitrogen and oxygen atoms in total. The first-order chi connectivity index (χ1) is 8.81. The zero-order valence-electron chi connectivity index (χ0n) is 10.8. The van der Waals surface area contributed by atoms with E-state index in [1.807, 2.05) is 12.3 Å². The van der Waals surface area contributed by atoms with Crippen molar-refractivity contribution < 1.29 is 9.52 Å². The van der Waals surface area contributed by atoms with Gasteiger partial charge < -0.3 is 14.8 Å². The Bertz CT molecular complexity index is 372. The first kappa shape index (κ1) is 13.3. The smallest absolute Gasteiger partial charge is 0.118 e. The van der Waals surface area contributed by atoms with E-state index in [0.29, 0.717) is 6.54 Å². The van der Waals surface area contributed by atoms with Crippen LogP contribution in [0.3, 0.4) is 0 Å². The van der Waals surface area contributed by atoms with Gasteiger partial charge in [-0.05, 0) is 18.9 Å². The molecule has 2 N–H and O–H groups in total. The number of hydrogen-bond acceptors (Lipinski definition) is 4. The fraction of sp³-hybridized carbons (Fsp3) is 0.571. The van der Waals surface area contributed by atoms with E-state index in [-0.39, 0.29) is 6.61 Å². The summed E-state index contributed by atoms with van der Waals surface area (Å²) in [5, 5.41) is 12.4. The zero-order valence-corrected chi connectivity index (χ0v) is 10.8. The molecule has 0 unspecified atom stereocenters. The minimum Gasteiger partial charge on any atom is -0.468 e. The van der Waals surface area contributed by atoms with Crippen molar-refractivity contribution in [3.8, 4) is 0 Å². The molecule has 0 saturated heterocycles. The average Bonchev–Trinajstić information content (AvgIpc) is 3.08. The van der Waals surface area contributed by atoms with Crippen LogP contribution < -0.4 is 5.32 Å². The molecule has 4 heteroatoms. The Morgan fingerprint density at radius 3 is 3.06 bits per heavy atom. The SMILES string of the molecule is C=CCN(CCO)Cc1cc(CNC2CC2)co1. The van der Waals surface area contributed by atoms with Crippen LogP contribution in [0.15, 0.2) is 29.4 Å². The summed E-state index contributed by atoms with van der Waals surface area (Å²) in [6, 6.07) is 2.80. The van der Waals surface area contributed by atoms with E-state index in [2.05, 4.69) is 22.9 Å². The van der Waals surface area contributed by atoms with Crippen molar-refractivity contribution in [1.29, 1.82) is 0 Å². The van der Waals surface area contributed by atoms with E-state index < -0.39 is 0 Å². The van der Waals surface area contributed by atoms with Crippen LogP contribution in [0.1, 0.15) is 24.2 Å². The molecule has 1 fully saturated rings. The van der Waals surface area contributed by atoms with Crippen LogP contribution in [0.25, 0.3) is 0 Å². The second kappa shape index (κ2) is 6.73. The van der Waals surface area contributed by atoms with E-state index in [9.17, 15) is 0 Å². The van der Waals surface area contributed by atoms with Crippen LogP contribution in [0.2, 0.25) is 0 Å². The highest BCUT2D eigenvalue weighted by molar-refractivity contribution is 5.13. The maximum absolute atomic E-state index is 8.98. The van der Waals surface area contributed by atoms with Gasteiger partial charge in [0.2, 0.25) is 0 Å². The highest BCUT2D eigenvalue weighted by Gasteiger charge is 2.20. The number of aliphatic hydroxyl groups excluding tert-OH is 1. The fourth-order valence-corrected chi connectivity index (χ4v) is 1.93. The summed E-state index contributed by atoms with van der Waals surface area (Å²) in [4.78, 5) is 2.10. The molecule has 1 saturated carbocycles. The lowest BCUT2D eigenvalue weighted by molar-refractivity contribution is 0.194. The number of nitrogens with zero attached hydrogens (tertiary/aromatic N) is 1. The van der Waals surface area contributed by atoms with Crippen LogP contribution in [-0.2, 0) is 13.1 Å². The highest BCUT2D eigenvalue weighted by Crippen LogP contribution is 2.19. The summed E-state index contributed by atoms with van der Waals surface area (Å²) in [6.07, 6.45) is 6.26. The summed E-state index contributed by atoms with van der Waals surface area (Å²) < 4.78 is 5.54. The highest BCUT2D eigenvalue weighted by atomic mass is 16.3. The Morgan fingerprint density at radius 2 is 2.39 bits per heavy atom. The van der Waals surface area contributed by atoms with Crippen molar-refractivity contribution in [3.63, 3.8) is 0 Å². The first-order valence-corrected chi connectivity index (χ1v) is 6.55. The number of nitrogens with one attached hydrogen (secondary N) is 1. The quantitative estimate of drug-likeness (QED) is 0.652. The molecular formula is C14H22N2O2. The molecule has 18 heavy (non-hydrogen) atoms. The van der Waals surface area contributed by atoms with Crippen molar-refractivity contribution in [2.45, 2.75) is 32.0 Å². The molecule has 1 aliphatic rings. The normalized spacial score (nSPS) is 15.2. The molecule has 1 aromatic heterocycles. The van der Waals surface area contributed by atoms with Crippen LogP contribution in [0, 0.1) is 0 Å². The Balaban J connectivity index is 1.81. The zero-order chi connectivity index (χ0) is 12.8. The minimum absolute atomic E-state index is 0.157. The number of rotatable bonds is 9. The summed E-state index contributed by atoms with van der Waals surface area (Å²) in [6.45, 7) is 6.88. The maximum Gasteiger partial charge on any atom is 0.118 e. The molecule has 0 amide bonds. The van der Waals surface area contributed by atoms with Crippen LogP contribution in [0.5, 0.6) is 0 Å². The topological polar surface area (TPSA) is 48.6 Å². The van der Waals surface area contributed by atoms with Crippen molar-refractivity contribution in [3.05, 3.63) is 36.3 Å². The molecule has 2 rings (SSSR count). The summed E-state index contributed by atoms with van der Waals surface area (Å²) in [5.74, 6) is 0.942. The van der Waals surface area contributed by atoms with Gasteiger partial charge in [-0.3, -0.25) is 4.90 Å². The van der Waals surface area contributed by atoms with Crippen molar-refractivity contribution in [2.24, 2.45) is 0 Å². The van der Waals surface area contributed by atoms with E-state index in [1.165, 1.54) is 18.4 Å². The van der Waals surface area contributed by atoms with Crippen LogP contribution in [-0.4, -0.2) is 35.7 Å². The third kappa shape index (κ3) is 4.29. The predicted octanol–water partition coefficient (Wildman–Crippen LogP) is 1.51. The summed E-state index contributed by atoms with van der Waals surface area (Å²) in [7, 11) is 0. The van der Waals surface area contributed by atoms with Gasteiger partial charge in [-0.15, -0.1) is 6.58 Å². The van der Waals surface area contributed by atoms with Gasteiger partial charge in [-0.25, -0.2) is 0 Å². The Kier molecular flexibility index (Phi) is 4.99. The van der Waals surface area contributed by atoms with Gasteiger partial charge in [-0.2, -0.15) is 0 Å². The minimum atomic E-state index is 0.157. The van der Waals surface area contributed by atoms with E-state index in [0.717, 1.165) is 31.4 Å². The summed E-state index contributed by atoms with van der Waals surface area (Å²) in [5.41, 5.74) is 1.19. The molecule has 0 aromatic carbocycles. The Labute approximate surface area is 108 Å². The van der Waals surface area contributed by atoms with Gasteiger partial charge >= 0.3 is 0 Å². The molecule has 1 aromatic rings. The molecule has 0 aliphatic heterocycles. The third-order valence-corrected chi connectivity index (χ3v) is 3.06. The molecular weight excluding hydrogens is 228 g/mol. The fourth-order valence-electron chi connectivity index (χ4n) is 1.93. The third-order valence-electron chi connectivity index (χ3n) is 3.06. The molecule has 0 spiro atoms. The Morgan fingerprint density at radius 1 is 1.56 bits per heavy atom. The second-order valence-electron chi connectivity index (χ2n) is 4.82. The molecule has 0 bridgehead atoms. The average molecular weight is 250 g/mol. The number of aliphatic hydroxyl groups is 1. The molecule has 0 atom stereocenters. The van der Waals surface area contributed by atoms with Crippen molar-refractivity contribution >= 4 is 0 Å². The monoisotopic (exact) mass is 250 g/mol. The largest absolute Gasteiger partial charge is 0.468 e. The lowest BCUT2D eigenvalue weighted by Crippen LogP contribution is -2.26. The molecule has 1 heterocycles. The van der Waals surface area contributed by atoms with E-state index in [4.69, 9.17) is 9.52 Å². The summed E-state index contributed by atoms with van der Waals surface area (Å²) >= 11 is 0. The van der Waals surface area contributed by atoms with Gasteiger partial charge in [-0.1, -0.05) is 6.08 Å². The van der Waals surface area contributed by atoms with E-state index in [1.54, 1.807) is 0 Å². The molecule has 1 aliphatic carbocycles. The standard InChI is InChI=1S/C14H22N2O2/c1-2-5-16(6-7-17)10-14-8-12(11-18-14)9-15-13-3-4-13/h2,8,11,13,15,17H,1,3-7,9-10H2. The van der Waals surface area contributed by atoms with E-state index >= 15 is 0 Å². The molecule has 100 valence electrons. The second-order valence-corrected chi connectivity index (χ2v) is 4.82. The van der Waals surface area contributed by atoms with Gasteiger partial charge in [0.15, 0.2) is 0 Å². The Hall–Kier alpha value is -1.10. The van der Waals surface area contributed by atoms with Gasteiger partial charge in [0, 0.05) is 31.2 Å². The number of hydrogen-bond donors (Lipinski definition) is 2. The molecule has 0 radical (unpaired) electrons. The van der Waals surface area contributed by atoms with Crippen molar-refractivity contribution in [2.75, 3.05) is 19.7 Å². The van der Waals surface area contributed by atoms with Gasteiger partial charge in [0.05, 0.1) is 19.4 Å². The van der Waals surface area contributed by atoms with Crippen molar-refractivity contribution in [1.82, 2.24) is 10.2 Å². The maximum atomic E-state index is 8.98. The number of furan rings is 1. The predicted molar refractivity (Wildman–Crippen MR) is 71.1 cm³/mol. The van der Waals surface area contributed by atoms with Gasteiger partial charge in [0.25, 0.3) is 0 Å². The van der Waals surface area contributed by atoms with Gasteiger partial charge in [0.1, 0.15) is 5.76 Å². The van der Waals surface area contributed by atoms with Crippen LogP contribution >= 0.6 is 0 Å². The first-order valence-electron chi connectivity index (χ1n) is 6.55. The lowest BCUT2D eigenvalue weighted by atomic mass is 10.3. The van der Waals surface area contributed by atoms with Crippen LogP contribution in [0.4, 0.5) is 0 Å².